The number of piperidine rings is 1. The fourth-order valence-corrected chi connectivity index (χ4v) is 3.86. The summed E-state index contributed by atoms with van der Waals surface area (Å²) in [6.45, 7) is 5.04. The van der Waals surface area contributed by atoms with Gasteiger partial charge in [-0.25, -0.2) is 0 Å². The van der Waals surface area contributed by atoms with Crippen LogP contribution in [-0.4, -0.2) is 34.3 Å². The number of fused-ring (bicyclic) bond motifs is 1. The van der Waals surface area contributed by atoms with Crippen LogP contribution in [0.2, 0.25) is 0 Å². The van der Waals surface area contributed by atoms with Gasteiger partial charge in [0.2, 0.25) is 0 Å². The predicted molar refractivity (Wildman–Crippen MR) is 102 cm³/mol. The molecule has 0 bridgehead atoms. The molecule has 0 radical (unpaired) electrons. The average molecular weight is 346 g/mol. The third kappa shape index (κ3) is 3.26. The minimum atomic E-state index is 0.407. The molecular weight excluding hydrogens is 324 g/mol. The van der Waals surface area contributed by atoms with Crippen LogP contribution in [0, 0.1) is 17.2 Å². The molecule has 26 heavy (non-hydrogen) atoms. The summed E-state index contributed by atoms with van der Waals surface area (Å²) < 4.78 is 0. The van der Waals surface area contributed by atoms with Crippen LogP contribution in [0.3, 0.4) is 0 Å². The summed E-state index contributed by atoms with van der Waals surface area (Å²) in [5.41, 5.74) is 3.67. The van der Waals surface area contributed by atoms with Crippen LogP contribution in [0.25, 0.3) is 10.9 Å². The fraction of sp³-hybridized carbons (Fsp3) is 0.350. The van der Waals surface area contributed by atoms with Crippen LogP contribution in [0.1, 0.15) is 24.6 Å². The first kappa shape index (κ1) is 16.6. The van der Waals surface area contributed by atoms with E-state index >= 15 is 0 Å². The van der Waals surface area contributed by atoms with Crippen molar-refractivity contribution >= 4 is 16.6 Å². The van der Waals surface area contributed by atoms with Crippen molar-refractivity contribution < 1.29 is 0 Å². The quantitative estimate of drug-likeness (QED) is 0.759. The van der Waals surface area contributed by atoms with Crippen LogP contribution in [0.15, 0.2) is 42.7 Å². The SMILES string of the molecule is C[C@H]1C[C@@H](NCc2ccn[nH]2)CN(c2ccc(C#N)c3ncccc23)C1. The van der Waals surface area contributed by atoms with Crippen molar-refractivity contribution in [2.24, 2.45) is 5.92 Å². The normalized spacial score (nSPS) is 20.2. The smallest absolute Gasteiger partial charge is 0.101 e. The van der Waals surface area contributed by atoms with Crippen molar-refractivity contribution in [3.63, 3.8) is 0 Å². The Morgan fingerprint density at radius 2 is 2.19 bits per heavy atom. The molecular formula is C20H22N6. The van der Waals surface area contributed by atoms with E-state index in [0.717, 1.165) is 48.3 Å². The Morgan fingerprint density at radius 3 is 3.00 bits per heavy atom. The van der Waals surface area contributed by atoms with Gasteiger partial charge in [0, 0.05) is 54.8 Å². The number of nitriles is 1. The lowest BCUT2D eigenvalue weighted by molar-refractivity contribution is 0.349. The molecule has 6 nitrogen and oxygen atoms in total. The number of aromatic nitrogens is 3. The Hall–Kier alpha value is -2.91. The molecule has 6 heteroatoms. The molecule has 4 rings (SSSR count). The van der Waals surface area contributed by atoms with E-state index in [9.17, 15) is 5.26 Å². The second-order valence-electron chi connectivity index (χ2n) is 7.05. The van der Waals surface area contributed by atoms with Crippen molar-refractivity contribution in [1.29, 1.82) is 5.26 Å². The Labute approximate surface area is 152 Å². The highest BCUT2D eigenvalue weighted by Crippen LogP contribution is 2.31. The molecule has 2 atom stereocenters. The predicted octanol–water partition coefficient (Wildman–Crippen LogP) is 2.83. The Kier molecular flexibility index (Phi) is 4.55. The van der Waals surface area contributed by atoms with Gasteiger partial charge >= 0.3 is 0 Å². The summed E-state index contributed by atoms with van der Waals surface area (Å²) in [7, 11) is 0. The summed E-state index contributed by atoms with van der Waals surface area (Å²) >= 11 is 0. The molecule has 1 saturated heterocycles. The van der Waals surface area contributed by atoms with Gasteiger partial charge in [0.1, 0.15) is 6.07 Å². The summed E-state index contributed by atoms with van der Waals surface area (Å²) in [5.74, 6) is 0.588. The van der Waals surface area contributed by atoms with Gasteiger partial charge in [-0.05, 0) is 42.7 Å². The van der Waals surface area contributed by atoms with Crippen LogP contribution in [0.4, 0.5) is 5.69 Å². The van der Waals surface area contributed by atoms with Gasteiger partial charge in [0.25, 0.3) is 0 Å². The molecule has 3 aromatic rings. The van der Waals surface area contributed by atoms with E-state index in [1.807, 2.05) is 18.2 Å². The molecule has 0 saturated carbocycles. The van der Waals surface area contributed by atoms with E-state index in [0.29, 0.717) is 17.5 Å². The molecule has 0 unspecified atom stereocenters. The third-order valence-electron chi connectivity index (χ3n) is 5.01. The molecule has 0 amide bonds. The highest BCUT2D eigenvalue weighted by Gasteiger charge is 2.26. The van der Waals surface area contributed by atoms with Crippen molar-refractivity contribution in [2.45, 2.75) is 25.9 Å². The van der Waals surface area contributed by atoms with Gasteiger partial charge in [-0.1, -0.05) is 6.92 Å². The van der Waals surface area contributed by atoms with Crippen molar-refractivity contribution in [3.8, 4) is 6.07 Å². The molecule has 2 N–H and O–H groups in total. The maximum Gasteiger partial charge on any atom is 0.101 e. The number of aromatic amines is 1. The van der Waals surface area contributed by atoms with Gasteiger partial charge in [-0.3, -0.25) is 10.1 Å². The number of benzene rings is 1. The fourth-order valence-electron chi connectivity index (χ4n) is 3.86. The standard InChI is InChI=1S/C20H22N6/c1-14-9-17(23-11-16-6-8-24-25-16)13-26(12-14)19-5-4-15(10-21)20-18(19)3-2-7-22-20/h2-8,14,17,23H,9,11-13H2,1H3,(H,24,25)/t14-,17+/m0/s1. The summed E-state index contributed by atoms with van der Waals surface area (Å²) in [5, 5.41) is 21.1. The molecule has 132 valence electrons. The lowest BCUT2D eigenvalue weighted by Crippen LogP contribution is -2.48. The van der Waals surface area contributed by atoms with Gasteiger partial charge in [0.15, 0.2) is 0 Å². The summed E-state index contributed by atoms with van der Waals surface area (Å²) in [6.07, 6.45) is 4.68. The first-order valence-corrected chi connectivity index (χ1v) is 8.99. The van der Waals surface area contributed by atoms with Gasteiger partial charge in [0.05, 0.1) is 11.1 Å². The number of hydrogen-bond donors (Lipinski definition) is 2. The topological polar surface area (TPSA) is 80.6 Å². The zero-order valence-corrected chi connectivity index (χ0v) is 14.8. The molecule has 2 aromatic heterocycles. The van der Waals surface area contributed by atoms with Gasteiger partial charge < -0.3 is 10.2 Å². The van der Waals surface area contributed by atoms with E-state index in [2.05, 4.69) is 50.5 Å². The molecule has 1 fully saturated rings. The van der Waals surface area contributed by atoms with E-state index in [1.165, 1.54) is 0 Å². The molecule has 1 aromatic carbocycles. The van der Waals surface area contributed by atoms with E-state index in [4.69, 9.17) is 0 Å². The van der Waals surface area contributed by atoms with Crippen LogP contribution >= 0.6 is 0 Å². The summed E-state index contributed by atoms with van der Waals surface area (Å²) in [4.78, 5) is 6.86. The first-order valence-electron chi connectivity index (χ1n) is 8.99. The Bertz CT molecular complexity index is 927. The van der Waals surface area contributed by atoms with Gasteiger partial charge in [-0.15, -0.1) is 0 Å². The summed E-state index contributed by atoms with van der Waals surface area (Å²) in [6, 6.07) is 12.6. The average Bonchev–Trinajstić information content (AvgIpc) is 3.18. The van der Waals surface area contributed by atoms with Gasteiger partial charge in [-0.2, -0.15) is 10.4 Å². The number of hydrogen-bond acceptors (Lipinski definition) is 5. The van der Waals surface area contributed by atoms with E-state index in [1.54, 1.807) is 12.4 Å². The van der Waals surface area contributed by atoms with Crippen LogP contribution in [0.5, 0.6) is 0 Å². The number of anilines is 1. The molecule has 0 spiro atoms. The second kappa shape index (κ2) is 7.14. The number of rotatable bonds is 4. The largest absolute Gasteiger partial charge is 0.369 e. The minimum Gasteiger partial charge on any atom is -0.369 e. The van der Waals surface area contributed by atoms with Crippen molar-refractivity contribution in [1.82, 2.24) is 20.5 Å². The molecule has 1 aliphatic rings. The minimum absolute atomic E-state index is 0.407. The second-order valence-corrected chi connectivity index (χ2v) is 7.05. The number of nitrogens with one attached hydrogen (secondary N) is 2. The van der Waals surface area contributed by atoms with Crippen LogP contribution in [-0.2, 0) is 6.54 Å². The molecule has 1 aliphatic heterocycles. The maximum absolute atomic E-state index is 9.36. The van der Waals surface area contributed by atoms with E-state index < -0.39 is 0 Å². The number of H-pyrrole nitrogens is 1. The van der Waals surface area contributed by atoms with Crippen molar-refractivity contribution in [2.75, 3.05) is 18.0 Å². The lowest BCUT2D eigenvalue weighted by atomic mass is 9.94. The van der Waals surface area contributed by atoms with Crippen molar-refractivity contribution in [3.05, 3.63) is 54.0 Å². The Morgan fingerprint density at radius 1 is 1.27 bits per heavy atom. The highest BCUT2D eigenvalue weighted by atomic mass is 15.2. The monoisotopic (exact) mass is 346 g/mol. The third-order valence-corrected chi connectivity index (χ3v) is 5.01. The van der Waals surface area contributed by atoms with Crippen LogP contribution < -0.4 is 10.2 Å². The zero-order valence-electron chi connectivity index (χ0n) is 14.8. The molecule has 0 aliphatic carbocycles. The number of nitrogens with zero attached hydrogens (tertiary/aromatic N) is 4. The maximum atomic E-state index is 9.36. The lowest BCUT2D eigenvalue weighted by Gasteiger charge is -2.39. The highest BCUT2D eigenvalue weighted by molar-refractivity contribution is 5.95. The first-order chi connectivity index (χ1) is 12.7. The van der Waals surface area contributed by atoms with E-state index in [-0.39, 0.29) is 0 Å². The molecule has 3 heterocycles. The number of pyridine rings is 1. The zero-order chi connectivity index (χ0) is 17.9. The Balaban J connectivity index is 1.59.